The first kappa shape index (κ1) is 22.4. The second kappa shape index (κ2) is 9.11. The largest absolute Gasteiger partial charge is 0.294 e. The summed E-state index contributed by atoms with van der Waals surface area (Å²) in [6.45, 7) is 0. The predicted octanol–water partition coefficient (Wildman–Crippen LogP) is 2.75. The molecule has 6 nitrogen and oxygen atoms in total. The molecule has 0 unspecified atom stereocenters. The molecule has 0 atom stereocenters. The van der Waals surface area contributed by atoms with Gasteiger partial charge in [-0.05, 0) is 47.5 Å². The van der Waals surface area contributed by atoms with Gasteiger partial charge in [-0.1, -0.05) is 36.4 Å². The molecule has 0 aliphatic carbocycles. The standard InChI is InChI=1S/C21H20O6S2/c1-28(24,25)20-11-5-16(6-12-20)3-9-18(22)15-19(23)10-4-17-7-13-21(14-8-17)29(2,26)27/h3-14H,15H2,1-2H3/b9-3+,10-4+. The first-order valence-corrected chi connectivity index (χ1v) is 12.3. The molecule has 0 saturated carbocycles. The van der Waals surface area contributed by atoms with Gasteiger partial charge in [-0.15, -0.1) is 0 Å². The zero-order chi connectivity index (χ0) is 21.7. The van der Waals surface area contributed by atoms with Crippen LogP contribution in [0, 0.1) is 0 Å². The lowest BCUT2D eigenvalue weighted by atomic mass is 10.1. The van der Waals surface area contributed by atoms with Crippen molar-refractivity contribution in [1.29, 1.82) is 0 Å². The Hall–Kier alpha value is -2.84. The number of rotatable bonds is 8. The van der Waals surface area contributed by atoms with Crippen molar-refractivity contribution >= 4 is 43.4 Å². The van der Waals surface area contributed by atoms with Crippen LogP contribution in [0.2, 0.25) is 0 Å². The number of hydrogen-bond donors (Lipinski definition) is 0. The molecule has 0 N–H and O–H groups in total. The van der Waals surface area contributed by atoms with Crippen LogP contribution in [0.1, 0.15) is 17.5 Å². The topological polar surface area (TPSA) is 102 Å². The molecule has 0 bridgehead atoms. The van der Waals surface area contributed by atoms with Crippen molar-refractivity contribution in [2.24, 2.45) is 0 Å². The summed E-state index contributed by atoms with van der Waals surface area (Å²) in [7, 11) is -6.56. The van der Waals surface area contributed by atoms with Crippen molar-refractivity contribution in [3.63, 3.8) is 0 Å². The molecular formula is C21H20O6S2. The summed E-state index contributed by atoms with van der Waals surface area (Å²) < 4.78 is 45.7. The summed E-state index contributed by atoms with van der Waals surface area (Å²) in [6, 6.07) is 12.1. The molecule has 8 heteroatoms. The molecule has 2 aromatic rings. The lowest BCUT2D eigenvalue weighted by molar-refractivity contribution is -0.121. The van der Waals surface area contributed by atoms with Crippen molar-refractivity contribution in [2.75, 3.05) is 12.5 Å². The maximum atomic E-state index is 11.9. The molecule has 29 heavy (non-hydrogen) atoms. The Morgan fingerprint density at radius 2 is 0.966 bits per heavy atom. The Kier molecular flexibility index (Phi) is 7.05. The molecule has 0 heterocycles. The van der Waals surface area contributed by atoms with Crippen LogP contribution < -0.4 is 0 Å². The van der Waals surface area contributed by atoms with Crippen molar-refractivity contribution < 1.29 is 26.4 Å². The maximum absolute atomic E-state index is 11.9. The van der Waals surface area contributed by atoms with Gasteiger partial charge in [0.1, 0.15) is 0 Å². The van der Waals surface area contributed by atoms with Gasteiger partial charge in [0.25, 0.3) is 0 Å². The van der Waals surface area contributed by atoms with Crippen LogP contribution in [-0.2, 0) is 29.3 Å². The zero-order valence-electron chi connectivity index (χ0n) is 15.9. The van der Waals surface area contributed by atoms with Crippen molar-refractivity contribution in [1.82, 2.24) is 0 Å². The highest BCUT2D eigenvalue weighted by Crippen LogP contribution is 2.13. The van der Waals surface area contributed by atoms with Crippen molar-refractivity contribution in [3.05, 3.63) is 71.8 Å². The molecule has 2 aromatic carbocycles. The monoisotopic (exact) mass is 432 g/mol. The smallest absolute Gasteiger partial charge is 0.175 e. The van der Waals surface area contributed by atoms with Gasteiger partial charge in [-0.3, -0.25) is 9.59 Å². The molecule has 0 radical (unpaired) electrons. The molecule has 152 valence electrons. The fraction of sp³-hybridized carbons (Fsp3) is 0.143. The van der Waals surface area contributed by atoms with Gasteiger partial charge in [0.2, 0.25) is 0 Å². The van der Waals surface area contributed by atoms with Crippen LogP contribution in [0.4, 0.5) is 0 Å². The van der Waals surface area contributed by atoms with E-state index < -0.39 is 19.7 Å². The molecule has 0 fully saturated rings. The van der Waals surface area contributed by atoms with E-state index >= 15 is 0 Å². The second-order valence-electron chi connectivity index (χ2n) is 6.46. The Morgan fingerprint density at radius 3 is 1.24 bits per heavy atom. The van der Waals surface area contributed by atoms with E-state index in [-0.39, 0.29) is 27.8 Å². The van der Waals surface area contributed by atoms with E-state index in [2.05, 4.69) is 0 Å². The lowest BCUT2D eigenvalue weighted by Gasteiger charge is -1.99. The third kappa shape index (κ3) is 7.24. The summed E-state index contributed by atoms with van der Waals surface area (Å²) in [5.41, 5.74) is 1.28. The highest BCUT2D eigenvalue weighted by molar-refractivity contribution is 7.91. The Morgan fingerprint density at radius 1 is 0.655 bits per heavy atom. The first-order chi connectivity index (χ1) is 13.4. The summed E-state index contributed by atoms with van der Waals surface area (Å²) in [4.78, 5) is 24.2. The fourth-order valence-corrected chi connectivity index (χ4v) is 3.58. The summed E-state index contributed by atoms with van der Waals surface area (Å²) in [5.74, 6) is -0.779. The number of ketones is 2. The highest BCUT2D eigenvalue weighted by atomic mass is 32.2. The van der Waals surface area contributed by atoms with Gasteiger partial charge >= 0.3 is 0 Å². The van der Waals surface area contributed by atoms with Gasteiger partial charge < -0.3 is 0 Å². The van der Waals surface area contributed by atoms with Gasteiger partial charge in [-0.25, -0.2) is 16.8 Å². The van der Waals surface area contributed by atoms with Crippen molar-refractivity contribution in [3.8, 4) is 0 Å². The number of carbonyl (C=O) groups is 2. The number of hydrogen-bond acceptors (Lipinski definition) is 6. The van der Waals surface area contributed by atoms with E-state index in [0.29, 0.717) is 11.1 Å². The lowest BCUT2D eigenvalue weighted by Crippen LogP contribution is -2.02. The normalized spacial score (nSPS) is 12.5. The minimum absolute atomic E-state index is 0.186. The van der Waals surface area contributed by atoms with E-state index in [1.807, 2.05) is 0 Å². The third-order valence-electron chi connectivity index (χ3n) is 3.89. The average Bonchev–Trinajstić information content (AvgIpc) is 2.64. The van der Waals surface area contributed by atoms with Crippen molar-refractivity contribution in [2.45, 2.75) is 16.2 Å². The Balaban J connectivity index is 1.94. The number of carbonyl (C=O) groups excluding carboxylic acids is 2. The predicted molar refractivity (Wildman–Crippen MR) is 112 cm³/mol. The summed E-state index contributed by atoms with van der Waals surface area (Å²) in [5, 5.41) is 0. The SMILES string of the molecule is CS(=O)(=O)c1ccc(/C=C/C(=O)CC(=O)/C=C/c2ccc(S(C)(=O)=O)cc2)cc1. The Bertz CT molecular complexity index is 1070. The number of benzene rings is 2. The molecule has 0 amide bonds. The van der Waals surface area contributed by atoms with E-state index in [0.717, 1.165) is 12.5 Å². The van der Waals surface area contributed by atoms with E-state index in [1.165, 1.54) is 48.6 Å². The van der Waals surface area contributed by atoms with Crippen LogP contribution in [0.15, 0.2) is 70.5 Å². The molecule has 0 spiro atoms. The second-order valence-corrected chi connectivity index (χ2v) is 10.5. The van der Waals surface area contributed by atoms with E-state index in [4.69, 9.17) is 0 Å². The minimum Gasteiger partial charge on any atom is -0.294 e. The van der Waals surface area contributed by atoms with Gasteiger partial charge in [0.05, 0.1) is 16.2 Å². The minimum atomic E-state index is -3.28. The summed E-state index contributed by atoms with van der Waals surface area (Å²) in [6.07, 6.45) is 7.46. The van der Waals surface area contributed by atoms with Crippen LogP contribution in [0.25, 0.3) is 12.2 Å². The average molecular weight is 433 g/mol. The Labute approximate surface area is 170 Å². The number of allylic oxidation sites excluding steroid dienone is 2. The quantitative estimate of drug-likeness (QED) is 0.469. The molecular weight excluding hydrogens is 412 g/mol. The molecule has 0 aromatic heterocycles. The molecule has 0 saturated heterocycles. The molecule has 0 aliphatic rings. The summed E-state index contributed by atoms with van der Waals surface area (Å²) >= 11 is 0. The number of sulfone groups is 2. The van der Waals surface area contributed by atoms with Crippen LogP contribution in [-0.4, -0.2) is 40.9 Å². The van der Waals surface area contributed by atoms with Gasteiger partial charge in [0, 0.05) is 12.5 Å². The van der Waals surface area contributed by atoms with E-state index in [1.54, 1.807) is 24.3 Å². The highest BCUT2D eigenvalue weighted by Gasteiger charge is 2.07. The van der Waals surface area contributed by atoms with Crippen LogP contribution in [0.5, 0.6) is 0 Å². The molecule has 0 aliphatic heterocycles. The van der Waals surface area contributed by atoms with Crippen LogP contribution in [0.3, 0.4) is 0 Å². The van der Waals surface area contributed by atoms with Gasteiger partial charge in [-0.2, -0.15) is 0 Å². The molecule has 2 rings (SSSR count). The van der Waals surface area contributed by atoms with Gasteiger partial charge in [0.15, 0.2) is 31.2 Å². The zero-order valence-corrected chi connectivity index (χ0v) is 17.5. The fourth-order valence-electron chi connectivity index (χ4n) is 2.32. The van der Waals surface area contributed by atoms with Crippen LogP contribution >= 0.6 is 0 Å². The maximum Gasteiger partial charge on any atom is 0.175 e. The van der Waals surface area contributed by atoms with E-state index in [9.17, 15) is 26.4 Å². The first-order valence-electron chi connectivity index (χ1n) is 8.47. The third-order valence-corrected chi connectivity index (χ3v) is 6.15.